The van der Waals surface area contributed by atoms with Crippen molar-refractivity contribution < 1.29 is 19.4 Å². The van der Waals surface area contributed by atoms with E-state index in [0.29, 0.717) is 17.9 Å². The molecule has 0 unspecified atom stereocenters. The van der Waals surface area contributed by atoms with Gasteiger partial charge in [-0.1, -0.05) is 0 Å². The Morgan fingerprint density at radius 2 is 2.00 bits per heavy atom. The number of rotatable bonds is 6. The fourth-order valence-electron chi connectivity index (χ4n) is 0.999. The first-order valence-corrected chi connectivity index (χ1v) is 4.97. The summed E-state index contributed by atoms with van der Waals surface area (Å²) in [6.07, 6.45) is 0.438. The van der Waals surface area contributed by atoms with Crippen molar-refractivity contribution in [3.8, 4) is 5.75 Å². The van der Waals surface area contributed by atoms with Gasteiger partial charge in [-0.15, -0.1) is 0 Å². The van der Waals surface area contributed by atoms with Gasteiger partial charge in [-0.25, -0.2) is 4.79 Å². The molecule has 3 N–H and O–H groups in total. The molecule has 0 spiro atoms. The monoisotopic (exact) mass is 225 g/mol. The van der Waals surface area contributed by atoms with Crippen LogP contribution in [0.1, 0.15) is 6.42 Å². The number of carbonyl (C=O) groups is 1. The standard InChI is InChI=1S/C11H15NO4/c12-9-2-4-10(5-3-9)16-8-11(14)15-7-1-6-13/h2-5,13H,1,6-8,12H2. The normalized spacial score (nSPS) is 9.81. The summed E-state index contributed by atoms with van der Waals surface area (Å²) in [4.78, 5) is 11.1. The van der Waals surface area contributed by atoms with E-state index in [-0.39, 0.29) is 19.8 Å². The molecule has 0 saturated heterocycles. The van der Waals surface area contributed by atoms with Gasteiger partial charge in [0.05, 0.1) is 6.61 Å². The molecule has 16 heavy (non-hydrogen) atoms. The van der Waals surface area contributed by atoms with Crippen molar-refractivity contribution in [2.24, 2.45) is 0 Å². The smallest absolute Gasteiger partial charge is 0.344 e. The summed E-state index contributed by atoms with van der Waals surface area (Å²) in [7, 11) is 0. The molecule has 5 nitrogen and oxygen atoms in total. The van der Waals surface area contributed by atoms with Crippen LogP contribution in [-0.4, -0.2) is 30.9 Å². The summed E-state index contributed by atoms with van der Waals surface area (Å²) in [5.74, 6) is 0.110. The van der Waals surface area contributed by atoms with Crippen LogP contribution in [0, 0.1) is 0 Å². The summed E-state index contributed by atoms with van der Waals surface area (Å²) in [6.45, 7) is 0.0713. The molecular weight excluding hydrogens is 210 g/mol. The number of hydrogen-bond acceptors (Lipinski definition) is 5. The highest BCUT2D eigenvalue weighted by molar-refractivity contribution is 5.71. The maximum absolute atomic E-state index is 11.1. The lowest BCUT2D eigenvalue weighted by atomic mass is 10.3. The molecule has 0 aliphatic rings. The summed E-state index contributed by atoms with van der Waals surface area (Å²) < 4.78 is 9.94. The van der Waals surface area contributed by atoms with E-state index in [1.807, 2.05) is 0 Å². The fourth-order valence-corrected chi connectivity index (χ4v) is 0.999. The molecule has 0 aromatic heterocycles. The second kappa shape index (κ2) is 6.68. The minimum Gasteiger partial charge on any atom is -0.482 e. The van der Waals surface area contributed by atoms with Crippen molar-refractivity contribution in [2.45, 2.75) is 6.42 Å². The van der Waals surface area contributed by atoms with E-state index in [1.54, 1.807) is 24.3 Å². The Bertz CT molecular complexity index is 323. The number of nitrogens with two attached hydrogens (primary N) is 1. The lowest BCUT2D eigenvalue weighted by molar-refractivity contribution is -0.146. The predicted molar refractivity (Wildman–Crippen MR) is 59.0 cm³/mol. The Hall–Kier alpha value is -1.75. The minimum atomic E-state index is -0.453. The lowest BCUT2D eigenvalue weighted by Gasteiger charge is -2.06. The van der Waals surface area contributed by atoms with Gasteiger partial charge >= 0.3 is 5.97 Å². The highest BCUT2D eigenvalue weighted by Crippen LogP contribution is 2.12. The van der Waals surface area contributed by atoms with Crippen molar-refractivity contribution in [1.29, 1.82) is 0 Å². The molecule has 1 rings (SSSR count). The molecule has 0 saturated carbocycles. The first kappa shape index (κ1) is 12.3. The number of aliphatic hydroxyl groups is 1. The quantitative estimate of drug-likeness (QED) is 0.420. The maximum Gasteiger partial charge on any atom is 0.344 e. The van der Waals surface area contributed by atoms with Gasteiger partial charge in [0.2, 0.25) is 0 Å². The Kier molecular flexibility index (Phi) is 5.15. The van der Waals surface area contributed by atoms with Crippen LogP contribution in [-0.2, 0) is 9.53 Å². The second-order valence-electron chi connectivity index (χ2n) is 3.16. The molecule has 5 heteroatoms. The zero-order valence-corrected chi connectivity index (χ0v) is 8.89. The van der Waals surface area contributed by atoms with E-state index in [1.165, 1.54) is 0 Å². The number of ether oxygens (including phenoxy) is 2. The average Bonchev–Trinajstić information content (AvgIpc) is 2.29. The third-order valence-corrected chi connectivity index (χ3v) is 1.80. The van der Waals surface area contributed by atoms with E-state index in [4.69, 9.17) is 20.3 Å². The molecule has 0 aliphatic heterocycles. The van der Waals surface area contributed by atoms with Gasteiger partial charge in [0.25, 0.3) is 0 Å². The van der Waals surface area contributed by atoms with Gasteiger partial charge < -0.3 is 20.3 Å². The molecule has 0 amide bonds. The number of benzene rings is 1. The Morgan fingerprint density at radius 3 is 2.62 bits per heavy atom. The van der Waals surface area contributed by atoms with Crippen LogP contribution in [0.2, 0.25) is 0 Å². The van der Waals surface area contributed by atoms with E-state index < -0.39 is 5.97 Å². The first-order valence-electron chi connectivity index (χ1n) is 4.97. The molecule has 0 atom stereocenters. The molecule has 0 bridgehead atoms. The SMILES string of the molecule is Nc1ccc(OCC(=O)OCCCO)cc1. The molecule has 0 aliphatic carbocycles. The Morgan fingerprint density at radius 1 is 1.31 bits per heavy atom. The zero-order valence-electron chi connectivity index (χ0n) is 8.89. The summed E-state index contributed by atoms with van der Waals surface area (Å²) in [5.41, 5.74) is 6.13. The third kappa shape index (κ3) is 4.65. The van der Waals surface area contributed by atoms with Gasteiger partial charge in [0.15, 0.2) is 6.61 Å². The van der Waals surface area contributed by atoms with Crippen molar-refractivity contribution in [3.05, 3.63) is 24.3 Å². The largest absolute Gasteiger partial charge is 0.482 e. The first-order chi connectivity index (χ1) is 7.72. The van der Waals surface area contributed by atoms with Crippen molar-refractivity contribution >= 4 is 11.7 Å². The van der Waals surface area contributed by atoms with Crippen LogP contribution in [0.25, 0.3) is 0 Å². The summed E-state index contributed by atoms with van der Waals surface area (Å²) in [5, 5.41) is 8.48. The van der Waals surface area contributed by atoms with Crippen LogP contribution in [0.3, 0.4) is 0 Å². The molecule has 1 aromatic carbocycles. The lowest BCUT2D eigenvalue weighted by Crippen LogP contribution is -2.15. The average molecular weight is 225 g/mol. The highest BCUT2D eigenvalue weighted by atomic mass is 16.6. The van der Waals surface area contributed by atoms with Crippen LogP contribution < -0.4 is 10.5 Å². The topological polar surface area (TPSA) is 81.8 Å². The van der Waals surface area contributed by atoms with E-state index >= 15 is 0 Å². The van der Waals surface area contributed by atoms with E-state index in [2.05, 4.69) is 0 Å². The predicted octanol–water partition coefficient (Wildman–Crippen LogP) is 0.573. The van der Waals surface area contributed by atoms with Gasteiger partial charge in [-0.2, -0.15) is 0 Å². The molecule has 0 fully saturated rings. The van der Waals surface area contributed by atoms with Crippen LogP contribution in [0.5, 0.6) is 5.75 Å². The van der Waals surface area contributed by atoms with E-state index in [9.17, 15) is 4.79 Å². The number of nitrogen functional groups attached to an aromatic ring is 1. The number of anilines is 1. The summed E-state index contributed by atoms with van der Waals surface area (Å²) in [6, 6.07) is 6.73. The molecular formula is C11H15NO4. The van der Waals surface area contributed by atoms with Crippen molar-refractivity contribution in [1.82, 2.24) is 0 Å². The van der Waals surface area contributed by atoms with Crippen molar-refractivity contribution in [2.75, 3.05) is 25.6 Å². The zero-order chi connectivity index (χ0) is 11.8. The minimum absolute atomic E-state index is 0.00605. The summed E-state index contributed by atoms with van der Waals surface area (Å²) >= 11 is 0. The second-order valence-corrected chi connectivity index (χ2v) is 3.16. The van der Waals surface area contributed by atoms with E-state index in [0.717, 1.165) is 0 Å². The number of aliphatic hydroxyl groups excluding tert-OH is 1. The third-order valence-electron chi connectivity index (χ3n) is 1.80. The van der Waals surface area contributed by atoms with Gasteiger partial charge in [-0.3, -0.25) is 0 Å². The molecule has 1 aromatic rings. The molecule has 88 valence electrons. The van der Waals surface area contributed by atoms with Crippen LogP contribution in [0.15, 0.2) is 24.3 Å². The maximum atomic E-state index is 11.1. The molecule has 0 radical (unpaired) electrons. The number of carbonyl (C=O) groups excluding carboxylic acids is 1. The van der Waals surface area contributed by atoms with Gasteiger partial charge in [0.1, 0.15) is 5.75 Å². The Labute approximate surface area is 93.8 Å². The number of hydrogen-bond donors (Lipinski definition) is 2. The fraction of sp³-hybridized carbons (Fsp3) is 0.364. The van der Waals surface area contributed by atoms with Crippen LogP contribution in [0.4, 0.5) is 5.69 Å². The van der Waals surface area contributed by atoms with Gasteiger partial charge in [-0.05, 0) is 24.3 Å². The molecule has 0 heterocycles. The Balaban J connectivity index is 2.23. The van der Waals surface area contributed by atoms with Gasteiger partial charge in [0, 0.05) is 18.7 Å². The van der Waals surface area contributed by atoms with Crippen LogP contribution >= 0.6 is 0 Å². The number of esters is 1. The highest BCUT2D eigenvalue weighted by Gasteiger charge is 2.03. The van der Waals surface area contributed by atoms with Crippen molar-refractivity contribution in [3.63, 3.8) is 0 Å².